The molecule has 112 valence electrons. The van der Waals surface area contributed by atoms with Crippen LogP contribution in [0.3, 0.4) is 0 Å². The minimum absolute atomic E-state index is 0.00116. The van der Waals surface area contributed by atoms with Gasteiger partial charge in [-0.05, 0) is 13.1 Å². The van der Waals surface area contributed by atoms with Crippen LogP contribution < -0.4 is 10.1 Å². The van der Waals surface area contributed by atoms with Crippen molar-refractivity contribution in [3.05, 3.63) is 64.7 Å². The van der Waals surface area contributed by atoms with E-state index in [1.54, 1.807) is 0 Å². The van der Waals surface area contributed by atoms with E-state index in [9.17, 15) is 17.6 Å². The monoisotopic (exact) mass is 299 g/mol. The first-order valence-electron chi connectivity index (χ1n) is 6.13. The lowest BCUT2D eigenvalue weighted by Crippen LogP contribution is -2.22. The van der Waals surface area contributed by atoms with Crippen molar-refractivity contribution in [1.29, 1.82) is 0 Å². The number of nitrogens with one attached hydrogen (secondary N) is 1. The predicted octanol–water partition coefficient (Wildman–Crippen LogP) is 3.56. The van der Waals surface area contributed by atoms with Crippen molar-refractivity contribution in [2.45, 2.75) is 6.04 Å². The first-order valence-corrected chi connectivity index (χ1v) is 6.13. The summed E-state index contributed by atoms with van der Waals surface area (Å²) in [6.45, 7) is 0. The summed E-state index contributed by atoms with van der Waals surface area (Å²) >= 11 is 0. The maximum Gasteiger partial charge on any atom is 0.170 e. The van der Waals surface area contributed by atoms with E-state index < -0.39 is 34.9 Å². The van der Waals surface area contributed by atoms with Gasteiger partial charge in [-0.25, -0.2) is 17.6 Å². The fourth-order valence-electron chi connectivity index (χ4n) is 2.19. The van der Waals surface area contributed by atoms with Gasteiger partial charge in [-0.15, -0.1) is 0 Å². The van der Waals surface area contributed by atoms with E-state index in [-0.39, 0.29) is 11.3 Å². The molecular weight excluding hydrogens is 286 g/mol. The molecule has 0 aliphatic heterocycles. The van der Waals surface area contributed by atoms with Crippen LogP contribution in [0.15, 0.2) is 30.3 Å². The topological polar surface area (TPSA) is 21.3 Å². The maximum absolute atomic E-state index is 14.3. The molecule has 0 saturated heterocycles. The largest absolute Gasteiger partial charge is 0.494 e. The Kier molecular flexibility index (Phi) is 4.47. The van der Waals surface area contributed by atoms with E-state index in [1.165, 1.54) is 32.4 Å². The van der Waals surface area contributed by atoms with Crippen molar-refractivity contribution in [2.24, 2.45) is 0 Å². The van der Waals surface area contributed by atoms with Crippen molar-refractivity contribution in [3.63, 3.8) is 0 Å². The van der Waals surface area contributed by atoms with Crippen LogP contribution in [0.5, 0.6) is 5.75 Å². The molecule has 2 nitrogen and oxygen atoms in total. The molecule has 0 amide bonds. The van der Waals surface area contributed by atoms with E-state index >= 15 is 0 Å². The Bertz CT molecular complexity index is 637. The lowest BCUT2D eigenvalue weighted by molar-refractivity contribution is 0.381. The van der Waals surface area contributed by atoms with Gasteiger partial charge in [-0.3, -0.25) is 0 Å². The van der Waals surface area contributed by atoms with E-state index in [0.29, 0.717) is 12.1 Å². The summed E-state index contributed by atoms with van der Waals surface area (Å²) in [4.78, 5) is 0. The first kappa shape index (κ1) is 15.3. The molecule has 1 atom stereocenters. The second-order valence-electron chi connectivity index (χ2n) is 4.37. The zero-order valence-electron chi connectivity index (χ0n) is 11.4. The highest BCUT2D eigenvalue weighted by atomic mass is 19.1. The molecule has 21 heavy (non-hydrogen) atoms. The van der Waals surface area contributed by atoms with Gasteiger partial charge >= 0.3 is 0 Å². The number of halogens is 4. The average molecular weight is 299 g/mol. The zero-order valence-corrected chi connectivity index (χ0v) is 11.4. The highest BCUT2D eigenvalue weighted by Gasteiger charge is 2.25. The Balaban J connectivity index is 2.61. The summed E-state index contributed by atoms with van der Waals surface area (Å²) in [6.07, 6.45) is 0. The van der Waals surface area contributed by atoms with Gasteiger partial charge in [0.15, 0.2) is 11.6 Å². The second-order valence-corrected chi connectivity index (χ2v) is 4.37. The quantitative estimate of drug-likeness (QED) is 0.872. The number of hydrogen-bond acceptors (Lipinski definition) is 2. The molecule has 2 aromatic rings. The van der Waals surface area contributed by atoms with Gasteiger partial charge in [0, 0.05) is 23.3 Å². The Hall–Kier alpha value is -2.08. The van der Waals surface area contributed by atoms with Crippen LogP contribution in [0.25, 0.3) is 0 Å². The molecule has 1 N–H and O–H groups in total. The fourth-order valence-corrected chi connectivity index (χ4v) is 2.19. The summed E-state index contributed by atoms with van der Waals surface area (Å²) in [7, 11) is 2.71. The van der Waals surface area contributed by atoms with E-state index in [4.69, 9.17) is 4.74 Å². The number of hydrogen-bond donors (Lipinski definition) is 1. The van der Waals surface area contributed by atoms with Crippen LogP contribution in [0.4, 0.5) is 17.6 Å². The van der Waals surface area contributed by atoms with Gasteiger partial charge in [0.25, 0.3) is 0 Å². The van der Waals surface area contributed by atoms with E-state index in [0.717, 1.165) is 0 Å². The van der Waals surface area contributed by atoms with Gasteiger partial charge in [-0.2, -0.15) is 0 Å². The van der Waals surface area contributed by atoms with Crippen LogP contribution in [0.2, 0.25) is 0 Å². The van der Waals surface area contributed by atoms with E-state index in [2.05, 4.69) is 5.32 Å². The number of benzene rings is 2. The lowest BCUT2D eigenvalue weighted by Gasteiger charge is -2.20. The normalized spacial score (nSPS) is 12.3. The van der Waals surface area contributed by atoms with Gasteiger partial charge in [0.05, 0.1) is 13.2 Å². The van der Waals surface area contributed by atoms with Crippen molar-refractivity contribution in [1.82, 2.24) is 5.32 Å². The summed E-state index contributed by atoms with van der Waals surface area (Å²) in [5, 5.41) is 2.63. The van der Waals surface area contributed by atoms with Crippen LogP contribution in [0, 0.1) is 23.3 Å². The number of ether oxygens (including phenoxy) is 1. The van der Waals surface area contributed by atoms with Crippen LogP contribution in [0.1, 0.15) is 17.2 Å². The molecule has 0 aliphatic rings. The van der Waals surface area contributed by atoms with Crippen LogP contribution >= 0.6 is 0 Å². The third kappa shape index (κ3) is 2.85. The summed E-state index contributed by atoms with van der Waals surface area (Å²) < 4.78 is 59.8. The minimum Gasteiger partial charge on any atom is -0.494 e. The third-order valence-corrected chi connectivity index (χ3v) is 3.15. The smallest absolute Gasteiger partial charge is 0.170 e. The van der Waals surface area contributed by atoms with Crippen LogP contribution in [-0.2, 0) is 0 Å². The van der Waals surface area contributed by atoms with Crippen molar-refractivity contribution in [2.75, 3.05) is 14.2 Å². The molecule has 2 rings (SSSR count). The SMILES string of the molecule is CNC(c1cccc(OC)c1F)c1c(F)cc(F)cc1F. The Labute approximate surface area is 119 Å². The number of rotatable bonds is 4. The van der Waals surface area contributed by atoms with Gasteiger partial charge in [0.2, 0.25) is 0 Å². The first-order chi connectivity index (χ1) is 9.99. The van der Waals surface area contributed by atoms with Crippen molar-refractivity contribution in [3.8, 4) is 5.75 Å². The van der Waals surface area contributed by atoms with Crippen molar-refractivity contribution >= 4 is 0 Å². The molecule has 0 spiro atoms. The fraction of sp³-hybridized carbons (Fsp3) is 0.200. The predicted molar refractivity (Wildman–Crippen MR) is 70.2 cm³/mol. The third-order valence-electron chi connectivity index (χ3n) is 3.15. The molecule has 0 radical (unpaired) electrons. The molecule has 0 heterocycles. The molecule has 0 aliphatic carbocycles. The molecule has 0 saturated carbocycles. The van der Waals surface area contributed by atoms with Gasteiger partial charge in [0.1, 0.15) is 17.5 Å². The molecule has 2 aromatic carbocycles. The summed E-state index contributed by atoms with van der Waals surface area (Å²) in [5.41, 5.74) is -0.452. The molecule has 1 unspecified atom stereocenters. The van der Waals surface area contributed by atoms with E-state index in [1.807, 2.05) is 0 Å². The number of methoxy groups -OCH3 is 1. The lowest BCUT2D eigenvalue weighted by atomic mass is 9.97. The van der Waals surface area contributed by atoms with Crippen molar-refractivity contribution < 1.29 is 22.3 Å². The maximum atomic E-state index is 14.3. The zero-order chi connectivity index (χ0) is 15.6. The second kappa shape index (κ2) is 6.13. The molecular formula is C15H13F4NO. The molecule has 0 aromatic heterocycles. The molecule has 0 bridgehead atoms. The van der Waals surface area contributed by atoms with Gasteiger partial charge in [-0.1, -0.05) is 12.1 Å². The average Bonchev–Trinajstić information content (AvgIpc) is 2.43. The highest BCUT2D eigenvalue weighted by Crippen LogP contribution is 2.32. The molecule has 0 fully saturated rings. The molecule has 6 heteroatoms. The van der Waals surface area contributed by atoms with Gasteiger partial charge < -0.3 is 10.1 Å². The summed E-state index contributed by atoms with van der Waals surface area (Å²) in [6, 6.07) is 4.27. The standard InChI is InChI=1S/C15H13F4NO/c1-20-15(9-4-3-5-12(21-2)14(9)19)13-10(17)6-8(16)7-11(13)18/h3-7,15,20H,1-2H3. The Morgan fingerprint density at radius 2 is 1.67 bits per heavy atom. The minimum atomic E-state index is -1.11. The Morgan fingerprint density at radius 3 is 2.19 bits per heavy atom. The Morgan fingerprint density at radius 1 is 1.05 bits per heavy atom. The highest BCUT2D eigenvalue weighted by molar-refractivity contribution is 5.39. The summed E-state index contributed by atoms with van der Waals surface area (Å²) in [5.74, 6) is -3.99. The van der Waals surface area contributed by atoms with Crippen LogP contribution in [-0.4, -0.2) is 14.2 Å².